The third-order valence-electron chi connectivity index (χ3n) is 10.7. The lowest BCUT2D eigenvalue weighted by atomic mass is 9.78. The van der Waals surface area contributed by atoms with Gasteiger partial charge < -0.3 is 0 Å². The minimum absolute atomic E-state index is 0.382. The summed E-state index contributed by atoms with van der Waals surface area (Å²) in [4.78, 5) is 0. The van der Waals surface area contributed by atoms with Gasteiger partial charge in [-0.1, -0.05) is 149 Å². The highest BCUT2D eigenvalue weighted by Gasteiger charge is 2.24. The average molecular weight is 667 g/mol. The fourth-order valence-electron chi connectivity index (χ4n) is 7.92. The molecule has 0 radical (unpaired) electrons. The normalized spacial score (nSPS) is 12.5. The molecule has 0 saturated heterocycles. The van der Waals surface area contributed by atoms with Gasteiger partial charge >= 0.3 is 0 Å². The first kappa shape index (κ1) is 35.2. The predicted molar refractivity (Wildman–Crippen MR) is 219 cm³/mol. The minimum atomic E-state index is 0.382. The Morgan fingerprint density at radius 3 is 1.10 bits per heavy atom. The summed E-state index contributed by atoms with van der Waals surface area (Å²) in [5, 5.41) is 8.48. The molecule has 6 rings (SSSR count). The van der Waals surface area contributed by atoms with Crippen LogP contribution in [0.25, 0.3) is 54.6 Å². The Kier molecular flexibility index (Phi) is 9.78. The number of rotatable bonds is 8. The molecule has 49 heavy (non-hydrogen) atoms. The van der Waals surface area contributed by atoms with Crippen LogP contribution in [0, 0.1) is 0 Å². The van der Waals surface area contributed by atoms with E-state index in [2.05, 4.69) is 162 Å². The van der Waals surface area contributed by atoms with Crippen molar-refractivity contribution in [3.8, 4) is 22.3 Å². The number of hydrogen-bond donors (Lipinski definition) is 0. The van der Waals surface area contributed by atoms with Crippen LogP contribution < -0.4 is 0 Å². The first-order valence-corrected chi connectivity index (χ1v) is 19.0. The molecular weight excluding hydrogens is 612 g/mol. The van der Waals surface area contributed by atoms with Crippen LogP contribution in [0.15, 0.2) is 78.9 Å². The molecule has 0 unspecified atom stereocenters. The molecular formula is C48H55Cl. The van der Waals surface area contributed by atoms with Crippen LogP contribution in [0.3, 0.4) is 0 Å². The number of benzene rings is 6. The van der Waals surface area contributed by atoms with Gasteiger partial charge in [-0.3, -0.25) is 0 Å². The zero-order valence-electron chi connectivity index (χ0n) is 31.8. The monoisotopic (exact) mass is 666 g/mol. The van der Waals surface area contributed by atoms with Gasteiger partial charge in [0.05, 0.1) is 0 Å². The van der Waals surface area contributed by atoms with Crippen LogP contribution in [0.4, 0.5) is 0 Å². The van der Waals surface area contributed by atoms with Gasteiger partial charge in [0, 0.05) is 5.02 Å². The van der Waals surface area contributed by atoms with Crippen molar-refractivity contribution in [2.24, 2.45) is 0 Å². The summed E-state index contributed by atoms with van der Waals surface area (Å²) in [7, 11) is 0. The second-order valence-corrected chi connectivity index (χ2v) is 16.7. The Labute approximate surface area is 300 Å². The Morgan fingerprint density at radius 2 is 0.714 bits per heavy atom. The van der Waals surface area contributed by atoms with Crippen molar-refractivity contribution in [2.75, 3.05) is 0 Å². The number of halogens is 1. The standard InChI is InChI=1S/C48H55Cl/c1-26(2)32-19-38(28(5)6)47(39(20-32)29(7)8)45-24-44-37-18-17-34(49)23-42(37)46(25-43(44)35-15-13-14-16-36(35)45)48-40(30(9)10)21-33(27(3)4)22-41(48)31(11)12/h13-31H,1-12H3. The molecule has 6 aromatic carbocycles. The van der Waals surface area contributed by atoms with Crippen molar-refractivity contribution < 1.29 is 0 Å². The average Bonchev–Trinajstić information content (AvgIpc) is 3.05. The topological polar surface area (TPSA) is 0 Å². The molecule has 0 atom stereocenters. The molecule has 0 spiro atoms. The Balaban J connectivity index is 1.82. The quantitative estimate of drug-likeness (QED) is 0.142. The zero-order valence-corrected chi connectivity index (χ0v) is 32.6. The van der Waals surface area contributed by atoms with Crippen LogP contribution >= 0.6 is 11.6 Å². The van der Waals surface area contributed by atoms with Crippen LogP contribution in [0.2, 0.25) is 5.02 Å². The highest BCUT2D eigenvalue weighted by molar-refractivity contribution is 6.32. The van der Waals surface area contributed by atoms with E-state index in [0.717, 1.165) is 5.02 Å². The molecule has 0 saturated carbocycles. The van der Waals surface area contributed by atoms with Gasteiger partial charge in [-0.25, -0.2) is 0 Å². The van der Waals surface area contributed by atoms with Gasteiger partial charge in [-0.2, -0.15) is 0 Å². The predicted octanol–water partition coefficient (Wildman–Crippen LogP) is 15.9. The van der Waals surface area contributed by atoms with Crippen molar-refractivity contribution in [2.45, 2.75) is 119 Å². The van der Waals surface area contributed by atoms with Crippen LogP contribution in [-0.4, -0.2) is 0 Å². The van der Waals surface area contributed by atoms with E-state index in [1.807, 2.05) is 0 Å². The van der Waals surface area contributed by atoms with Crippen LogP contribution in [0.1, 0.15) is 152 Å². The maximum absolute atomic E-state index is 6.87. The van der Waals surface area contributed by atoms with Crippen LogP contribution in [0.5, 0.6) is 0 Å². The van der Waals surface area contributed by atoms with Crippen molar-refractivity contribution in [1.82, 2.24) is 0 Å². The van der Waals surface area contributed by atoms with E-state index in [9.17, 15) is 0 Å². The minimum Gasteiger partial charge on any atom is -0.0843 e. The van der Waals surface area contributed by atoms with Crippen molar-refractivity contribution >= 4 is 43.9 Å². The molecule has 0 bridgehead atoms. The van der Waals surface area contributed by atoms with E-state index in [1.165, 1.54) is 88.0 Å². The lowest BCUT2D eigenvalue weighted by Crippen LogP contribution is -2.05. The highest BCUT2D eigenvalue weighted by Crippen LogP contribution is 2.48. The molecule has 0 aliphatic rings. The van der Waals surface area contributed by atoms with E-state index in [0.29, 0.717) is 35.5 Å². The fraction of sp³-hybridized carbons (Fsp3) is 0.375. The molecule has 0 N–H and O–H groups in total. The van der Waals surface area contributed by atoms with Crippen molar-refractivity contribution in [3.05, 3.63) is 117 Å². The summed E-state index contributed by atoms with van der Waals surface area (Å²) in [6, 6.07) is 30.6. The molecule has 0 aliphatic carbocycles. The van der Waals surface area contributed by atoms with E-state index in [-0.39, 0.29) is 0 Å². The van der Waals surface area contributed by atoms with Gasteiger partial charge in [0.15, 0.2) is 0 Å². The maximum atomic E-state index is 6.87. The second kappa shape index (κ2) is 13.6. The maximum Gasteiger partial charge on any atom is 0.0412 e. The zero-order chi connectivity index (χ0) is 35.5. The summed E-state index contributed by atoms with van der Waals surface area (Å²) in [5.74, 6) is 2.51. The largest absolute Gasteiger partial charge is 0.0843 e. The Bertz CT molecular complexity index is 2130. The summed E-state index contributed by atoms with van der Waals surface area (Å²) in [5.41, 5.74) is 14.0. The van der Waals surface area contributed by atoms with Gasteiger partial charge in [0.2, 0.25) is 0 Å². The molecule has 0 aliphatic heterocycles. The second-order valence-electron chi connectivity index (χ2n) is 16.3. The summed E-state index contributed by atoms with van der Waals surface area (Å²) in [6.07, 6.45) is 0. The Hall–Kier alpha value is -3.61. The molecule has 0 fully saturated rings. The van der Waals surface area contributed by atoms with E-state index >= 15 is 0 Å². The third-order valence-corrected chi connectivity index (χ3v) is 11.0. The Morgan fingerprint density at radius 1 is 0.347 bits per heavy atom. The molecule has 6 aromatic rings. The molecule has 0 heterocycles. The molecule has 0 aromatic heterocycles. The van der Waals surface area contributed by atoms with Gasteiger partial charge in [-0.15, -0.1) is 0 Å². The van der Waals surface area contributed by atoms with E-state index < -0.39 is 0 Å². The van der Waals surface area contributed by atoms with Gasteiger partial charge in [-0.05, 0) is 148 Å². The van der Waals surface area contributed by atoms with E-state index in [4.69, 9.17) is 11.6 Å². The summed E-state index contributed by atoms with van der Waals surface area (Å²) < 4.78 is 0. The molecule has 0 amide bonds. The molecule has 1 heteroatoms. The lowest BCUT2D eigenvalue weighted by Gasteiger charge is -2.26. The van der Waals surface area contributed by atoms with Gasteiger partial charge in [0.25, 0.3) is 0 Å². The van der Waals surface area contributed by atoms with Crippen LogP contribution in [-0.2, 0) is 0 Å². The highest BCUT2D eigenvalue weighted by atomic mass is 35.5. The lowest BCUT2D eigenvalue weighted by molar-refractivity contribution is 0.807. The fourth-order valence-corrected chi connectivity index (χ4v) is 8.09. The number of hydrogen-bond acceptors (Lipinski definition) is 0. The summed E-state index contributed by atoms with van der Waals surface area (Å²) >= 11 is 6.87. The molecule has 254 valence electrons. The SMILES string of the molecule is CC(C)c1cc(C(C)C)c(-c2cc3c4ccc(Cl)cc4c(-c4c(C(C)C)cc(C(C)C)cc4C(C)C)cc3c3ccccc23)c(C(C)C)c1. The third kappa shape index (κ3) is 6.31. The van der Waals surface area contributed by atoms with E-state index in [1.54, 1.807) is 0 Å². The summed E-state index contributed by atoms with van der Waals surface area (Å²) in [6.45, 7) is 28.0. The smallest absolute Gasteiger partial charge is 0.0412 e. The van der Waals surface area contributed by atoms with Gasteiger partial charge in [0.1, 0.15) is 0 Å². The van der Waals surface area contributed by atoms with Crippen molar-refractivity contribution in [3.63, 3.8) is 0 Å². The number of fused-ring (bicyclic) bond motifs is 5. The molecule has 0 nitrogen and oxygen atoms in total. The van der Waals surface area contributed by atoms with Crippen molar-refractivity contribution in [1.29, 1.82) is 0 Å². The first-order chi connectivity index (χ1) is 23.2. The first-order valence-electron chi connectivity index (χ1n) is 18.6.